The van der Waals surface area contributed by atoms with Gasteiger partial charge in [-0.2, -0.15) is 0 Å². The maximum Gasteiger partial charge on any atom is 0.282 e. The van der Waals surface area contributed by atoms with E-state index in [0.29, 0.717) is 24.1 Å². The van der Waals surface area contributed by atoms with Crippen LogP contribution in [0.1, 0.15) is 45.3 Å². The molecule has 3 rings (SSSR count). The summed E-state index contributed by atoms with van der Waals surface area (Å²) in [6.07, 6.45) is 0. The highest BCUT2D eigenvalue weighted by atomic mass is 32.1. The van der Waals surface area contributed by atoms with Crippen LogP contribution in [0, 0.1) is 6.92 Å². The fourth-order valence-corrected chi connectivity index (χ4v) is 3.57. The molecule has 0 aliphatic heterocycles. The highest BCUT2D eigenvalue weighted by molar-refractivity contribution is 7.13. The van der Waals surface area contributed by atoms with Crippen molar-refractivity contribution in [2.75, 3.05) is 0 Å². The van der Waals surface area contributed by atoms with Gasteiger partial charge in [0.05, 0.1) is 6.54 Å². The van der Waals surface area contributed by atoms with Gasteiger partial charge in [0.15, 0.2) is 0 Å². The van der Waals surface area contributed by atoms with Crippen LogP contribution in [-0.2, 0) is 19.6 Å². The fraction of sp³-hybridized carbons (Fsp3) is 0.318. The molecule has 0 unspecified atom stereocenters. The van der Waals surface area contributed by atoms with Crippen LogP contribution in [0.25, 0.3) is 0 Å². The zero-order chi connectivity index (χ0) is 19.9. The molecule has 1 aromatic heterocycles. The van der Waals surface area contributed by atoms with E-state index in [1.807, 2.05) is 37.3 Å². The maximum atomic E-state index is 12.4. The molecule has 0 radical (unpaired) electrons. The van der Waals surface area contributed by atoms with E-state index in [1.54, 1.807) is 0 Å². The summed E-state index contributed by atoms with van der Waals surface area (Å²) >= 11 is 1.36. The molecule has 1 N–H and O–H groups in total. The SMILES string of the molecule is Cc1ccc(CNC(=O)c2nnc(CN(Cc3ccccc3)C(C)C)s2)cc1. The second kappa shape index (κ2) is 9.57. The molecule has 2 aromatic carbocycles. The summed E-state index contributed by atoms with van der Waals surface area (Å²) in [6, 6.07) is 18.9. The first-order valence-corrected chi connectivity index (χ1v) is 10.3. The number of benzene rings is 2. The van der Waals surface area contributed by atoms with E-state index >= 15 is 0 Å². The summed E-state index contributed by atoms with van der Waals surface area (Å²) in [5, 5.41) is 12.5. The van der Waals surface area contributed by atoms with E-state index in [1.165, 1.54) is 22.5 Å². The van der Waals surface area contributed by atoms with Crippen LogP contribution in [0.4, 0.5) is 0 Å². The molecule has 0 bridgehead atoms. The zero-order valence-corrected chi connectivity index (χ0v) is 17.4. The van der Waals surface area contributed by atoms with Crippen LogP contribution in [0.15, 0.2) is 54.6 Å². The summed E-state index contributed by atoms with van der Waals surface area (Å²) in [4.78, 5) is 14.7. The Labute approximate surface area is 170 Å². The van der Waals surface area contributed by atoms with Gasteiger partial charge in [-0.15, -0.1) is 10.2 Å². The van der Waals surface area contributed by atoms with Crippen LogP contribution in [0.5, 0.6) is 0 Å². The summed E-state index contributed by atoms with van der Waals surface area (Å²) in [7, 11) is 0. The van der Waals surface area contributed by atoms with Crippen molar-refractivity contribution in [2.45, 2.75) is 46.4 Å². The number of aryl methyl sites for hydroxylation is 1. The van der Waals surface area contributed by atoms with Gasteiger partial charge in [-0.1, -0.05) is 71.5 Å². The molecule has 0 saturated carbocycles. The van der Waals surface area contributed by atoms with Crippen LogP contribution in [0.3, 0.4) is 0 Å². The lowest BCUT2D eigenvalue weighted by molar-refractivity contribution is 0.0950. The largest absolute Gasteiger partial charge is 0.346 e. The number of hydrogen-bond donors (Lipinski definition) is 1. The monoisotopic (exact) mass is 394 g/mol. The Kier molecular flexibility index (Phi) is 6.90. The Balaban J connectivity index is 1.58. The molecule has 0 aliphatic carbocycles. The van der Waals surface area contributed by atoms with Crippen molar-refractivity contribution in [1.29, 1.82) is 0 Å². The zero-order valence-electron chi connectivity index (χ0n) is 16.6. The predicted molar refractivity (Wildman–Crippen MR) is 113 cm³/mol. The molecule has 0 aliphatic rings. The van der Waals surface area contributed by atoms with Crippen LogP contribution in [0.2, 0.25) is 0 Å². The smallest absolute Gasteiger partial charge is 0.282 e. The summed E-state index contributed by atoms with van der Waals surface area (Å²) < 4.78 is 0. The Morgan fingerprint density at radius 1 is 1.00 bits per heavy atom. The van der Waals surface area contributed by atoms with Gasteiger partial charge in [0.2, 0.25) is 5.01 Å². The molecule has 0 saturated heterocycles. The number of rotatable bonds is 8. The third-order valence-corrected chi connectivity index (χ3v) is 5.44. The van der Waals surface area contributed by atoms with Crippen molar-refractivity contribution in [3.8, 4) is 0 Å². The number of nitrogens with one attached hydrogen (secondary N) is 1. The molecule has 1 amide bonds. The fourth-order valence-electron chi connectivity index (χ4n) is 2.79. The van der Waals surface area contributed by atoms with E-state index < -0.39 is 0 Å². The molecule has 6 heteroatoms. The lowest BCUT2D eigenvalue weighted by Crippen LogP contribution is -2.29. The van der Waals surface area contributed by atoms with Crippen molar-refractivity contribution in [2.24, 2.45) is 0 Å². The first-order valence-electron chi connectivity index (χ1n) is 9.45. The highest BCUT2D eigenvalue weighted by Gasteiger charge is 2.17. The van der Waals surface area contributed by atoms with E-state index in [4.69, 9.17) is 0 Å². The number of aromatic nitrogens is 2. The number of carbonyl (C=O) groups excluding carboxylic acids is 1. The third-order valence-electron chi connectivity index (χ3n) is 4.53. The Bertz CT molecular complexity index is 890. The van der Waals surface area contributed by atoms with Crippen LogP contribution in [-0.4, -0.2) is 27.0 Å². The molecular formula is C22H26N4OS. The van der Waals surface area contributed by atoms with Gasteiger partial charge in [0.25, 0.3) is 5.91 Å². The molecule has 5 nitrogen and oxygen atoms in total. The summed E-state index contributed by atoms with van der Waals surface area (Å²) in [6.45, 7) is 8.38. The first kappa shape index (κ1) is 20.2. The summed E-state index contributed by atoms with van der Waals surface area (Å²) in [5.74, 6) is -0.177. The molecule has 0 fully saturated rings. The number of hydrogen-bond acceptors (Lipinski definition) is 5. The predicted octanol–water partition coefficient (Wildman–Crippen LogP) is 4.19. The Hall–Kier alpha value is -2.57. The minimum atomic E-state index is -0.177. The van der Waals surface area contributed by atoms with Crippen molar-refractivity contribution in [3.05, 3.63) is 81.3 Å². The van der Waals surface area contributed by atoms with Gasteiger partial charge >= 0.3 is 0 Å². The molecule has 0 spiro atoms. The topological polar surface area (TPSA) is 58.1 Å². The lowest BCUT2D eigenvalue weighted by atomic mass is 10.1. The van der Waals surface area contributed by atoms with E-state index in [2.05, 4.69) is 58.5 Å². The second-order valence-electron chi connectivity index (χ2n) is 7.15. The van der Waals surface area contributed by atoms with Crippen LogP contribution >= 0.6 is 11.3 Å². The van der Waals surface area contributed by atoms with Crippen molar-refractivity contribution in [3.63, 3.8) is 0 Å². The van der Waals surface area contributed by atoms with Crippen LogP contribution < -0.4 is 5.32 Å². The first-order chi connectivity index (χ1) is 13.5. The van der Waals surface area contributed by atoms with Gasteiger partial charge < -0.3 is 5.32 Å². The normalized spacial score (nSPS) is 11.2. The molecule has 3 aromatic rings. The van der Waals surface area contributed by atoms with Gasteiger partial charge in [0, 0.05) is 19.1 Å². The van der Waals surface area contributed by atoms with E-state index in [-0.39, 0.29) is 5.91 Å². The minimum Gasteiger partial charge on any atom is -0.346 e. The average Bonchev–Trinajstić information content (AvgIpc) is 3.16. The molecule has 1 heterocycles. The average molecular weight is 395 g/mol. The Morgan fingerprint density at radius 3 is 2.39 bits per heavy atom. The number of nitrogens with zero attached hydrogens (tertiary/aromatic N) is 3. The molecule has 146 valence electrons. The quantitative estimate of drug-likeness (QED) is 0.622. The van der Waals surface area contributed by atoms with Gasteiger partial charge in [-0.05, 0) is 31.9 Å². The second-order valence-corrected chi connectivity index (χ2v) is 8.22. The van der Waals surface area contributed by atoms with Crippen molar-refractivity contribution in [1.82, 2.24) is 20.4 Å². The van der Waals surface area contributed by atoms with Gasteiger partial charge in [-0.25, -0.2) is 0 Å². The van der Waals surface area contributed by atoms with Crippen molar-refractivity contribution >= 4 is 17.2 Å². The molecule has 0 atom stereocenters. The Morgan fingerprint density at radius 2 is 1.71 bits per heavy atom. The summed E-state index contributed by atoms with van der Waals surface area (Å²) in [5.41, 5.74) is 3.53. The standard InChI is InChI=1S/C22H26N4OS/c1-16(2)26(14-19-7-5-4-6-8-19)15-20-24-25-22(28-20)21(27)23-13-18-11-9-17(3)10-12-18/h4-12,16H,13-15H2,1-3H3,(H,23,27). The lowest BCUT2D eigenvalue weighted by Gasteiger charge is -2.25. The number of amides is 1. The number of carbonyl (C=O) groups is 1. The van der Waals surface area contributed by atoms with Gasteiger partial charge in [0.1, 0.15) is 5.01 Å². The van der Waals surface area contributed by atoms with Gasteiger partial charge in [-0.3, -0.25) is 9.69 Å². The highest BCUT2D eigenvalue weighted by Crippen LogP contribution is 2.17. The third kappa shape index (κ3) is 5.71. The van der Waals surface area contributed by atoms with E-state index in [9.17, 15) is 4.79 Å². The van der Waals surface area contributed by atoms with Crippen molar-refractivity contribution < 1.29 is 4.79 Å². The maximum absolute atomic E-state index is 12.4. The molecular weight excluding hydrogens is 368 g/mol. The minimum absolute atomic E-state index is 0.177. The molecule has 28 heavy (non-hydrogen) atoms. The van der Waals surface area contributed by atoms with E-state index in [0.717, 1.165) is 17.1 Å².